The number of halogens is 1. The molecule has 5 rings (SSSR count). The average Bonchev–Trinajstić information content (AvgIpc) is 3.26. The summed E-state index contributed by atoms with van der Waals surface area (Å²) >= 11 is 3.51. The molecular weight excluding hydrogens is 524 g/mol. The van der Waals surface area contributed by atoms with E-state index in [1.54, 1.807) is 10.4 Å². The van der Waals surface area contributed by atoms with Crippen molar-refractivity contribution in [1.82, 2.24) is 15.3 Å². The predicted molar refractivity (Wildman–Crippen MR) is 138 cm³/mol. The zero-order valence-corrected chi connectivity index (χ0v) is 21.6. The quantitative estimate of drug-likeness (QED) is 0.260. The first-order chi connectivity index (χ1) is 17.5. The highest BCUT2D eigenvalue weighted by Crippen LogP contribution is 2.50. The number of rotatable bonds is 8. The van der Waals surface area contributed by atoms with Gasteiger partial charge >= 0.3 is 0 Å². The molecule has 3 N–H and O–H groups in total. The second kappa shape index (κ2) is 10.6. The van der Waals surface area contributed by atoms with Gasteiger partial charge in [0.05, 0.1) is 18.6 Å². The molecule has 9 heteroatoms. The van der Waals surface area contributed by atoms with E-state index in [-0.39, 0.29) is 48.7 Å². The summed E-state index contributed by atoms with van der Waals surface area (Å²) in [5, 5.41) is 12.3. The van der Waals surface area contributed by atoms with Crippen LogP contribution in [0, 0.1) is 0 Å². The Balaban J connectivity index is 1.34. The minimum atomic E-state index is -0.484. The zero-order valence-electron chi connectivity index (χ0n) is 20.0. The van der Waals surface area contributed by atoms with Crippen LogP contribution in [0.3, 0.4) is 0 Å². The Morgan fingerprint density at radius 2 is 1.81 bits per heavy atom. The highest BCUT2D eigenvalue weighted by atomic mass is 79.9. The summed E-state index contributed by atoms with van der Waals surface area (Å²) in [5.74, 6) is -0.223. The van der Waals surface area contributed by atoms with Crippen molar-refractivity contribution in [2.24, 2.45) is 0 Å². The Hall–Kier alpha value is -2.91. The number of benzene rings is 2. The maximum Gasteiger partial charge on any atom is 0.245 e. The van der Waals surface area contributed by atoms with Crippen LogP contribution < -0.4 is 10.8 Å². The van der Waals surface area contributed by atoms with Crippen LogP contribution >= 0.6 is 15.9 Å². The summed E-state index contributed by atoms with van der Waals surface area (Å²) in [7, 11) is 0. The van der Waals surface area contributed by atoms with Crippen LogP contribution in [0.2, 0.25) is 0 Å². The number of hydrogen-bond acceptors (Lipinski definition) is 5. The van der Waals surface area contributed by atoms with Crippen LogP contribution in [-0.2, 0) is 14.4 Å². The molecule has 2 unspecified atom stereocenters. The Morgan fingerprint density at radius 1 is 1.06 bits per heavy atom. The lowest BCUT2D eigenvalue weighted by atomic mass is 9.76. The van der Waals surface area contributed by atoms with Crippen LogP contribution in [-0.4, -0.2) is 57.9 Å². The van der Waals surface area contributed by atoms with Crippen LogP contribution in [0.1, 0.15) is 61.6 Å². The van der Waals surface area contributed by atoms with Crippen molar-refractivity contribution >= 4 is 39.3 Å². The standard InChI is InChI=1S/C27H31BrN4O4/c28-18-12-10-17(11-13-18)26-25-20(19-7-4-5-8-21(19)29-25)15-22-27(35)31(16-24(34)32(22)26)14-6-2-1-3-9-23(33)30-36/h4-5,7-8,10-13,20,22,25-26,29,36H,1-3,6,9,14-16H2,(H,30,33)/t20?,22-,25?,26-/m1/s1. The van der Waals surface area contributed by atoms with Crippen LogP contribution in [0.25, 0.3) is 0 Å². The molecule has 2 fully saturated rings. The van der Waals surface area contributed by atoms with Crippen molar-refractivity contribution in [2.45, 2.75) is 62.6 Å². The molecule has 0 spiro atoms. The molecule has 2 aromatic rings. The van der Waals surface area contributed by atoms with Gasteiger partial charge in [-0.1, -0.05) is 59.1 Å². The predicted octanol–water partition coefficient (Wildman–Crippen LogP) is 3.97. The van der Waals surface area contributed by atoms with Gasteiger partial charge in [-0.2, -0.15) is 0 Å². The summed E-state index contributed by atoms with van der Waals surface area (Å²) in [6.45, 7) is 0.632. The zero-order chi connectivity index (χ0) is 25.2. The maximum absolute atomic E-state index is 13.7. The lowest BCUT2D eigenvalue weighted by molar-refractivity contribution is -0.162. The van der Waals surface area contributed by atoms with Gasteiger partial charge in [0.1, 0.15) is 6.04 Å². The third kappa shape index (κ3) is 4.74. The average molecular weight is 555 g/mol. The lowest BCUT2D eigenvalue weighted by Crippen LogP contribution is -2.65. The van der Waals surface area contributed by atoms with Gasteiger partial charge in [0.15, 0.2) is 0 Å². The summed E-state index contributed by atoms with van der Waals surface area (Å²) < 4.78 is 0.974. The van der Waals surface area contributed by atoms with Crippen molar-refractivity contribution in [3.63, 3.8) is 0 Å². The minimum Gasteiger partial charge on any atom is -0.379 e. The number of anilines is 1. The van der Waals surface area contributed by atoms with Gasteiger partial charge in [-0.15, -0.1) is 0 Å². The maximum atomic E-state index is 13.7. The Morgan fingerprint density at radius 3 is 2.58 bits per heavy atom. The van der Waals surface area contributed by atoms with Crippen molar-refractivity contribution in [3.8, 4) is 0 Å². The first-order valence-electron chi connectivity index (χ1n) is 12.6. The highest BCUT2D eigenvalue weighted by Gasteiger charge is 2.54. The van der Waals surface area contributed by atoms with E-state index in [1.807, 2.05) is 41.3 Å². The SMILES string of the molecule is O=C(CCCCCCN1CC(=O)N2[C@H](CC3c4ccccc4NC3[C@H]2c2ccc(Br)cc2)C1=O)NO. The number of nitrogens with zero attached hydrogens (tertiary/aromatic N) is 2. The molecule has 0 saturated carbocycles. The molecule has 4 atom stereocenters. The second-order valence-electron chi connectivity index (χ2n) is 9.87. The van der Waals surface area contributed by atoms with Crippen molar-refractivity contribution in [1.29, 1.82) is 0 Å². The number of hydrogen-bond donors (Lipinski definition) is 3. The number of amides is 3. The van der Waals surface area contributed by atoms with E-state index in [2.05, 4.69) is 33.4 Å². The molecule has 0 aromatic heterocycles. The topological polar surface area (TPSA) is 102 Å². The third-order valence-corrected chi connectivity index (χ3v) is 8.23. The number of fused-ring (bicyclic) bond motifs is 4. The number of hydroxylamine groups is 1. The first kappa shape index (κ1) is 24.8. The van der Waals surface area contributed by atoms with Gasteiger partial charge in [0.25, 0.3) is 0 Å². The fraction of sp³-hybridized carbons (Fsp3) is 0.444. The molecule has 0 radical (unpaired) electrons. The molecule has 2 saturated heterocycles. The molecule has 3 aliphatic heterocycles. The molecule has 190 valence electrons. The number of para-hydroxylation sites is 1. The van der Waals surface area contributed by atoms with E-state index < -0.39 is 6.04 Å². The summed E-state index contributed by atoms with van der Waals surface area (Å²) in [6.07, 6.45) is 4.04. The van der Waals surface area contributed by atoms with E-state index in [0.29, 0.717) is 19.4 Å². The monoisotopic (exact) mass is 554 g/mol. The second-order valence-corrected chi connectivity index (χ2v) is 10.8. The number of piperazine rings is 1. The minimum absolute atomic E-state index is 0.0108. The number of piperidine rings is 1. The van der Waals surface area contributed by atoms with E-state index in [1.165, 1.54) is 5.56 Å². The molecule has 36 heavy (non-hydrogen) atoms. The molecule has 2 aromatic carbocycles. The lowest BCUT2D eigenvalue weighted by Gasteiger charge is -2.51. The molecule has 3 heterocycles. The molecule has 3 aliphatic rings. The van der Waals surface area contributed by atoms with Crippen LogP contribution in [0.15, 0.2) is 53.0 Å². The van der Waals surface area contributed by atoms with Gasteiger partial charge in [-0.05, 0) is 48.6 Å². The van der Waals surface area contributed by atoms with Crippen molar-refractivity contribution in [3.05, 3.63) is 64.1 Å². The molecular formula is C27H31BrN4O4. The Kier molecular flexibility index (Phi) is 7.29. The van der Waals surface area contributed by atoms with Gasteiger partial charge < -0.3 is 15.1 Å². The summed E-state index contributed by atoms with van der Waals surface area (Å²) in [5.41, 5.74) is 4.97. The fourth-order valence-corrected chi connectivity index (χ4v) is 6.28. The summed E-state index contributed by atoms with van der Waals surface area (Å²) in [6, 6.07) is 15.6. The normalized spacial score (nSPS) is 24.6. The highest BCUT2D eigenvalue weighted by molar-refractivity contribution is 9.10. The number of carbonyl (C=O) groups is 3. The van der Waals surface area contributed by atoms with Gasteiger partial charge in [0.2, 0.25) is 17.7 Å². The van der Waals surface area contributed by atoms with E-state index in [9.17, 15) is 14.4 Å². The van der Waals surface area contributed by atoms with Crippen molar-refractivity contribution < 1.29 is 19.6 Å². The van der Waals surface area contributed by atoms with Crippen LogP contribution in [0.5, 0.6) is 0 Å². The van der Waals surface area contributed by atoms with Crippen molar-refractivity contribution in [2.75, 3.05) is 18.4 Å². The first-order valence-corrected chi connectivity index (χ1v) is 13.4. The molecule has 0 aliphatic carbocycles. The Labute approximate surface area is 219 Å². The smallest absolute Gasteiger partial charge is 0.245 e. The Bertz CT molecular complexity index is 1140. The third-order valence-electron chi connectivity index (χ3n) is 7.70. The van der Waals surface area contributed by atoms with Gasteiger partial charge in [-0.25, -0.2) is 5.48 Å². The van der Waals surface area contributed by atoms with E-state index in [0.717, 1.165) is 35.0 Å². The van der Waals surface area contributed by atoms with Crippen LogP contribution in [0.4, 0.5) is 5.69 Å². The summed E-state index contributed by atoms with van der Waals surface area (Å²) in [4.78, 5) is 42.0. The molecule has 0 bridgehead atoms. The number of nitrogens with one attached hydrogen (secondary N) is 2. The van der Waals surface area contributed by atoms with E-state index in [4.69, 9.17) is 5.21 Å². The van der Waals surface area contributed by atoms with Gasteiger partial charge in [-0.3, -0.25) is 19.6 Å². The molecule has 3 amide bonds. The fourth-order valence-electron chi connectivity index (χ4n) is 6.02. The van der Waals surface area contributed by atoms with Gasteiger partial charge in [0, 0.05) is 29.0 Å². The largest absolute Gasteiger partial charge is 0.379 e. The molecule has 8 nitrogen and oxygen atoms in total. The number of unbranched alkanes of at least 4 members (excludes halogenated alkanes) is 3. The number of carbonyl (C=O) groups excluding carboxylic acids is 3. The van der Waals surface area contributed by atoms with E-state index >= 15 is 0 Å².